The van der Waals surface area contributed by atoms with Gasteiger partial charge in [-0.2, -0.15) is 0 Å². The fourth-order valence-corrected chi connectivity index (χ4v) is 2.52. The number of rotatable bonds is 3. The maximum atomic E-state index is 12.5. The predicted molar refractivity (Wildman–Crippen MR) is 85.9 cm³/mol. The number of pyridine rings is 1. The van der Waals surface area contributed by atoms with Gasteiger partial charge in [0.25, 0.3) is 0 Å². The van der Waals surface area contributed by atoms with E-state index < -0.39 is 5.97 Å². The summed E-state index contributed by atoms with van der Waals surface area (Å²) in [7, 11) is 0. The summed E-state index contributed by atoms with van der Waals surface area (Å²) in [5.41, 5.74) is 8.69. The molecular formula is C17H15N3O3. The number of aryl methyl sites for hydroxylation is 2. The first kappa shape index (κ1) is 14.8. The van der Waals surface area contributed by atoms with E-state index in [9.17, 15) is 9.59 Å². The molecule has 0 amide bonds. The number of anilines is 1. The van der Waals surface area contributed by atoms with Gasteiger partial charge in [-0.1, -0.05) is 12.1 Å². The number of ether oxygens (including phenoxy) is 1. The highest BCUT2D eigenvalue weighted by Crippen LogP contribution is 2.24. The molecular weight excluding hydrogens is 294 g/mol. The van der Waals surface area contributed by atoms with Crippen LogP contribution >= 0.6 is 0 Å². The third kappa shape index (κ3) is 2.44. The smallest absolute Gasteiger partial charge is 0.346 e. The molecule has 0 bridgehead atoms. The van der Waals surface area contributed by atoms with E-state index in [1.807, 2.05) is 0 Å². The Hall–Kier alpha value is -3.15. The van der Waals surface area contributed by atoms with Crippen molar-refractivity contribution in [2.45, 2.75) is 13.8 Å². The number of aldehydes is 1. The van der Waals surface area contributed by atoms with Gasteiger partial charge in [0.2, 0.25) is 0 Å². The van der Waals surface area contributed by atoms with Gasteiger partial charge in [-0.25, -0.2) is 9.78 Å². The van der Waals surface area contributed by atoms with Gasteiger partial charge in [0, 0.05) is 11.9 Å². The minimum absolute atomic E-state index is 0.274. The van der Waals surface area contributed by atoms with Crippen LogP contribution in [-0.2, 0) is 0 Å². The van der Waals surface area contributed by atoms with Crippen LogP contribution in [0.25, 0.3) is 5.65 Å². The third-order valence-corrected chi connectivity index (χ3v) is 3.66. The zero-order chi connectivity index (χ0) is 16.6. The zero-order valence-corrected chi connectivity index (χ0v) is 12.7. The molecule has 3 rings (SSSR count). The first-order valence-corrected chi connectivity index (χ1v) is 7.03. The molecule has 0 unspecified atom stereocenters. The molecule has 3 aromatic rings. The number of hydrogen-bond donors (Lipinski definition) is 1. The maximum absolute atomic E-state index is 12.5. The first-order valence-electron chi connectivity index (χ1n) is 7.03. The van der Waals surface area contributed by atoms with Crippen molar-refractivity contribution in [2.75, 3.05) is 5.73 Å². The topological polar surface area (TPSA) is 86.7 Å². The molecule has 2 N–H and O–H groups in total. The highest BCUT2D eigenvalue weighted by molar-refractivity contribution is 5.98. The van der Waals surface area contributed by atoms with Gasteiger partial charge in [-0.05, 0) is 37.6 Å². The molecule has 0 saturated carbocycles. The summed E-state index contributed by atoms with van der Waals surface area (Å²) in [6.07, 6.45) is 2.42. The molecule has 0 aliphatic heterocycles. The largest absolute Gasteiger partial charge is 0.419 e. The number of nitrogens with zero attached hydrogens (tertiary/aromatic N) is 2. The molecule has 0 aliphatic carbocycles. The van der Waals surface area contributed by atoms with E-state index >= 15 is 0 Å². The van der Waals surface area contributed by atoms with Crippen LogP contribution in [0.5, 0.6) is 5.75 Å². The van der Waals surface area contributed by atoms with E-state index in [1.54, 1.807) is 54.8 Å². The second kappa shape index (κ2) is 5.57. The summed E-state index contributed by atoms with van der Waals surface area (Å²) in [6.45, 7) is 3.51. The Morgan fingerprint density at radius 1 is 1.26 bits per heavy atom. The molecule has 2 aromatic heterocycles. The maximum Gasteiger partial charge on any atom is 0.346 e. The van der Waals surface area contributed by atoms with E-state index in [0.29, 0.717) is 28.3 Å². The number of nitrogens with two attached hydrogens (primary N) is 1. The van der Waals surface area contributed by atoms with E-state index in [0.717, 1.165) is 11.8 Å². The lowest BCUT2D eigenvalue weighted by atomic mass is 10.1. The van der Waals surface area contributed by atoms with E-state index in [4.69, 9.17) is 10.5 Å². The minimum atomic E-state index is -0.554. The van der Waals surface area contributed by atoms with Crippen molar-refractivity contribution in [1.29, 1.82) is 0 Å². The van der Waals surface area contributed by atoms with Gasteiger partial charge in [0.05, 0.1) is 11.3 Å². The lowest BCUT2D eigenvalue weighted by Gasteiger charge is -2.09. The van der Waals surface area contributed by atoms with Crippen LogP contribution in [0.2, 0.25) is 0 Å². The average Bonchev–Trinajstić information content (AvgIpc) is 2.83. The number of nitrogen functional groups attached to an aromatic ring is 1. The molecule has 2 heterocycles. The van der Waals surface area contributed by atoms with Crippen LogP contribution < -0.4 is 10.5 Å². The van der Waals surface area contributed by atoms with Crippen LogP contribution in [0.1, 0.15) is 32.1 Å². The first-order chi connectivity index (χ1) is 11.0. The van der Waals surface area contributed by atoms with Crippen molar-refractivity contribution >= 4 is 23.6 Å². The Bertz CT molecular complexity index is 908. The third-order valence-electron chi connectivity index (χ3n) is 3.66. The average molecular weight is 309 g/mol. The van der Waals surface area contributed by atoms with Crippen molar-refractivity contribution in [3.05, 3.63) is 59.0 Å². The molecule has 0 aliphatic rings. The summed E-state index contributed by atoms with van der Waals surface area (Å²) >= 11 is 0. The molecule has 23 heavy (non-hydrogen) atoms. The summed E-state index contributed by atoms with van der Waals surface area (Å²) in [4.78, 5) is 27.9. The van der Waals surface area contributed by atoms with Gasteiger partial charge in [-0.15, -0.1) is 0 Å². The van der Waals surface area contributed by atoms with Gasteiger partial charge in [0.15, 0.2) is 17.7 Å². The number of aromatic nitrogens is 2. The van der Waals surface area contributed by atoms with E-state index in [2.05, 4.69) is 4.98 Å². The number of fused-ring (bicyclic) bond motifs is 1. The fraction of sp³-hybridized carbons (Fsp3) is 0.118. The Balaban J connectivity index is 2.05. The van der Waals surface area contributed by atoms with Gasteiger partial charge >= 0.3 is 5.97 Å². The molecule has 6 heteroatoms. The summed E-state index contributed by atoms with van der Waals surface area (Å²) in [5.74, 6) is -0.279. The quantitative estimate of drug-likeness (QED) is 0.456. The highest BCUT2D eigenvalue weighted by Gasteiger charge is 2.18. The SMILES string of the molecule is Cc1cccc(N)c1C(=O)Oc1cccn2c(C=O)c(C)nc12. The van der Waals surface area contributed by atoms with Gasteiger partial charge in [0.1, 0.15) is 5.69 Å². The number of esters is 1. The molecule has 0 atom stereocenters. The fourth-order valence-electron chi connectivity index (χ4n) is 2.52. The number of benzene rings is 1. The van der Waals surface area contributed by atoms with Crippen LogP contribution in [-0.4, -0.2) is 21.6 Å². The van der Waals surface area contributed by atoms with E-state index in [-0.39, 0.29) is 5.75 Å². The molecule has 0 fully saturated rings. The molecule has 0 spiro atoms. The van der Waals surface area contributed by atoms with Crippen molar-refractivity contribution in [2.24, 2.45) is 0 Å². The zero-order valence-electron chi connectivity index (χ0n) is 12.7. The lowest BCUT2D eigenvalue weighted by molar-refractivity contribution is 0.0736. The Morgan fingerprint density at radius 3 is 2.74 bits per heavy atom. The molecule has 116 valence electrons. The normalized spacial score (nSPS) is 10.7. The Morgan fingerprint density at radius 2 is 2.04 bits per heavy atom. The summed E-state index contributed by atoms with van der Waals surface area (Å²) < 4.78 is 7.06. The standard InChI is InChI=1S/C17H15N3O3/c1-10-5-3-6-12(18)15(10)17(22)23-14-7-4-8-20-13(9-21)11(2)19-16(14)20/h3-9H,18H2,1-2H3. The Kier molecular flexibility index (Phi) is 3.57. The van der Waals surface area contributed by atoms with Crippen molar-refractivity contribution < 1.29 is 14.3 Å². The van der Waals surface area contributed by atoms with E-state index in [1.165, 1.54) is 0 Å². The van der Waals surface area contributed by atoms with Gasteiger partial charge < -0.3 is 10.5 Å². The van der Waals surface area contributed by atoms with Crippen molar-refractivity contribution in [3.63, 3.8) is 0 Å². The number of imidazole rings is 1. The second-order valence-corrected chi connectivity index (χ2v) is 5.20. The number of carbonyl (C=O) groups is 2. The highest BCUT2D eigenvalue weighted by atomic mass is 16.5. The monoisotopic (exact) mass is 309 g/mol. The Labute approximate surface area is 132 Å². The predicted octanol–water partition coefficient (Wildman–Crippen LogP) is 2.57. The molecule has 0 saturated heterocycles. The summed E-state index contributed by atoms with van der Waals surface area (Å²) in [5, 5.41) is 0. The van der Waals surface area contributed by atoms with Crippen molar-refractivity contribution in [1.82, 2.24) is 9.38 Å². The summed E-state index contributed by atoms with van der Waals surface area (Å²) in [6, 6.07) is 8.52. The van der Waals surface area contributed by atoms with Crippen LogP contribution in [0.3, 0.4) is 0 Å². The van der Waals surface area contributed by atoms with Crippen molar-refractivity contribution in [3.8, 4) is 5.75 Å². The lowest BCUT2D eigenvalue weighted by Crippen LogP contribution is -2.13. The van der Waals surface area contributed by atoms with Gasteiger partial charge in [-0.3, -0.25) is 9.20 Å². The number of hydrogen-bond acceptors (Lipinski definition) is 5. The molecule has 6 nitrogen and oxygen atoms in total. The molecule has 0 radical (unpaired) electrons. The number of carbonyl (C=O) groups excluding carboxylic acids is 2. The second-order valence-electron chi connectivity index (χ2n) is 5.20. The van der Waals surface area contributed by atoms with Crippen LogP contribution in [0, 0.1) is 13.8 Å². The van der Waals surface area contributed by atoms with Crippen LogP contribution in [0.4, 0.5) is 5.69 Å². The van der Waals surface area contributed by atoms with Crippen LogP contribution in [0.15, 0.2) is 36.5 Å². The molecule has 1 aromatic carbocycles. The minimum Gasteiger partial charge on any atom is -0.419 e.